The molecule has 6 nitrogen and oxygen atoms in total. The molecule has 0 aliphatic carbocycles. The number of piperidine rings is 1. The average Bonchev–Trinajstić information content (AvgIpc) is 3.07. The van der Waals surface area contributed by atoms with E-state index in [2.05, 4.69) is 25.2 Å². The molecule has 1 aliphatic rings. The first-order chi connectivity index (χ1) is 10.4. The van der Waals surface area contributed by atoms with E-state index in [4.69, 9.17) is 0 Å². The van der Waals surface area contributed by atoms with Crippen LogP contribution in [-0.2, 0) is 6.54 Å². The molecule has 0 bridgehead atoms. The van der Waals surface area contributed by atoms with Crippen LogP contribution in [0.15, 0.2) is 30.7 Å². The fourth-order valence-electron chi connectivity index (χ4n) is 2.69. The second kappa shape index (κ2) is 6.58. The van der Waals surface area contributed by atoms with Gasteiger partial charge in [-0.25, -0.2) is 9.97 Å². The zero-order valence-corrected chi connectivity index (χ0v) is 12.0. The predicted octanol–water partition coefficient (Wildman–Crippen LogP) is 1.63. The molecule has 1 fully saturated rings. The quantitative estimate of drug-likeness (QED) is 0.779. The van der Waals surface area contributed by atoms with E-state index in [0.29, 0.717) is 19.1 Å². The van der Waals surface area contributed by atoms with Crippen molar-refractivity contribution >= 4 is 11.5 Å². The van der Waals surface area contributed by atoms with Crippen LogP contribution in [0.3, 0.4) is 0 Å². The Balaban J connectivity index is 1.67. The van der Waals surface area contributed by atoms with Crippen molar-refractivity contribution in [1.29, 1.82) is 0 Å². The molecule has 6 heteroatoms. The fraction of sp³-hybridized carbons (Fsp3) is 0.467. The minimum atomic E-state index is 0.291. The number of aliphatic hydroxyl groups is 1. The fourth-order valence-corrected chi connectivity index (χ4v) is 2.69. The van der Waals surface area contributed by atoms with Crippen molar-refractivity contribution in [3.05, 3.63) is 36.5 Å². The van der Waals surface area contributed by atoms with Crippen molar-refractivity contribution in [2.75, 3.05) is 29.9 Å². The molecule has 0 aromatic carbocycles. The monoisotopic (exact) mass is 287 g/mol. The third-order valence-electron chi connectivity index (χ3n) is 3.96. The molecule has 1 aliphatic heterocycles. The maximum absolute atomic E-state index is 9.24. The molecule has 0 saturated carbocycles. The van der Waals surface area contributed by atoms with Gasteiger partial charge in [-0.1, -0.05) is 0 Å². The molecule has 3 heterocycles. The number of aliphatic hydroxyl groups excluding tert-OH is 1. The maximum Gasteiger partial charge on any atom is 0.151 e. The van der Waals surface area contributed by atoms with E-state index in [9.17, 15) is 5.11 Å². The molecule has 0 amide bonds. The lowest BCUT2D eigenvalue weighted by molar-refractivity contribution is 0.203. The summed E-state index contributed by atoms with van der Waals surface area (Å²) in [7, 11) is 0. The van der Waals surface area contributed by atoms with Crippen molar-refractivity contribution in [3.8, 4) is 0 Å². The zero-order valence-electron chi connectivity index (χ0n) is 12.0. The Morgan fingerprint density at radius 1 is 1.29 bits per heavy atom. The minimum Gasteiger partial charge on any atom is -0.396 e. The lowest BCUT2D eigenvalue weighted by Crippen LogP contribution is -2.35. The van der Waals surface area contributed by atoms with E-state index in [0.717, 1.165) is 43.3 Å². The molecule has 0 radical (unpaired) electrons. The van der Waals surface area contributed by atoms with Crippen LogP contribution >= 0.6 is 0 Å². The molecule has 3 rings (SSSR count). The molecule has 0 unspecified atom stereocenters. The van der Waals surface area contributed by atoms with Gasteiger partial charge in [-0.15, -0.1) is 0 Å². The van der Waals surface area contributed by atoms with Crippen molar-refractivity contribution in [1.82, 2.24) is 15.0 Å². The van der Waals surface area contributed by atoms with Gasteiger partial charge in [0.15, 0.2) is 5.82 Å². The van der Waals surface area contributed by atoms with Crippen molar-refractivity contribution in [2.24, 2.45) is 5.92 Å². The van der Waals surface area contributed by atoms with Crippen molar-refractivity contribution in [2.45, 2.75) is 19.4 Å². The smallest absolute Gasteiger partial charge is 0.151 e. The average molecular weight is 287 g/mol. The highest BCUT2D eigenvalue weighted by molar-refractivity contribution is 5.65. The van der Waals surface area contributed by atoms with Gasteiger partial charge in [0, 0.05) is 38.3 Å². The second-order valence-corrected chi connectivity index (χ2v) is 5.38. The Bertz CT molecular complexity index is 549. The molecule has 0 atom stereocenters. The number of H-pyrrole nitrogens is 1. The number of hydrogen-bond acceptors (Lipinski definition) is 5. The van der Waals surface area contributed by atoms with Crippen LogP contribution in [0.5, 0.6) is 0 Å². The van der Waals surface area contributed by atoms with Crippen molar-refractivity contribution < 1.29 is 5.11 Å². The summed E-state index contributed by atoms with van der Waals surface area (Å²) < 4.78 is 0. The SMILES string of the molecule is OCC1CCN(c2ncccc2NCc2ncc[nH]2)CC1. The van der Waals surface area contributed by atoms with Gasteiger partial charge in [0.1, 0.15) is 5.82 Å². The summed E-state index contributed by atoms with van der Waals surface area (Å²) >= 11 is 0. The summed E-state index contributed by atoms with van der Waals surface area (Å²) in [6, 6.07) is 3.98. The summed E-state index contributed by atoms with van der Waals surface area (Å²) in [6.45, 7) is 2.83. The first-order valence-corrected chi connectivity index (χ1v) is 7.40. The van der Waals surface area contributed by atoms with Crippen LogP contribution in [0.1, 0.15) is 18.7 Å². The summed E-state index contributed by atoms with van der Waals surface area (Å²) in [5.74, 6) is 2.33. The van der Waals surface area contributed by atoms with Gasteiger partial charge in [-0.2, -0.15) is 0 Å². The molecule has 21 heavy (non-hydrogen) atoms. The number of aromatic nitrogens is 3. The van der Waals surface area contributed by atoms with Crippen LogP contribution < -0.4 is 10.2 Å². The number of rotatable bonds is 5. The Morgan fingerprint density at radius 2 is 2.14 bits per heavy atom. The molecule has 1 saturated heterocycles. The van der Waals surface area contributed by atoms with Gasteiger partial charge >= 0.3 is 0 Å². The molecule has 3 N–H and O–H groups in total. The normalized spacial score (nSPS) is 16.1. The third kappa shape index (κ3) is 3.33. The van der Waals surface area contributed by atoms with E-state index < -0.39 is 0 Å². The third-order valence-corrected chi connectivity index (χ3v) is 3.96. The van der Waals surface area contributed by atoms with Gasteiger partial charge in [0.2, 0.25) is 0 Å². The van der Waals surface area contributed by atoms with Gasteiger partial charge in [-0.05, 0) is 30.9 Å². The van der Waals surface area contributed by atoms with Crippen LogP contribution in [0, 0.1) is 5.92 Å². The van der Waals surface area contributed by atoms with E-state index in [-0.39, 0.29) is 0 Å². The van der Waals surface area contributed by atoms with Gasteiger partial charge in [0.05, 0.1) is 12.2 Å². The predicted molar refractivity (Wildman–Crippen MR) is 82.2 cm³/mol. The molecule has 2 aromatic rings. The Kier molecular flexibility index (Phi) is 4.35. The molecule has 2 aromatic heterocycles. The van der Waals surface area contributed by atoms with Gasteiger partial charge in [-0.3, -0.25) is 0 Å². The molecule has 0 spiro atoms. The standard InChI is InChI=1S/C15H21N5O/c21-11-12-3-8-20(9-4-12)15-13(2-1-5-18-15)19-10-14-16-6-7-17-14/h1-2,5-7,12,19,21H,3-4,8-11H2,(H,16,17). The van der Waals surface area contributed by atoms with Crippen LogP contribution in [-0.4, -0.2) is 39.8 Å². The number of nitrogens with zero attached hydrogens (tertiary/aromatic N) is 3. The highest BCUT2D eigenvalue weighted by atomic mass is 16.3. The summed E-state index contributed by atoms with van der Waals surface area (Å²) in [4.78, 5) is 14.1. The number of imidazole rings is 1. The van der Waals surface area contributed by atoms with E-state index >= 15 is 0 Å². The van der Waals surface area contributed by atoms with Gasteiger partial charge in [0.25, 0.3) is 0 Å². The Labute approximate surface area is 124 Å². The highest BCUT2D eigenvalue weighted by Gasteiger charge is 2.21. The Hall–Kier alpha value is -2.08. The molecule has 112 valence electrons. The molecular weight excluding hydrogens is 266 g/mol. The molecular formula is C15H21N5O. The first-order valence-electron chi connectivity index (χ1n) is 7.40. The van der Waals surface area contributed by atoms with Crippen LogP contribution in [0.4, 0.5) is 11.5 Å². The zero-order chi connectivity index (χ0) is 14.5. The highest BCUT2D eigenvalue weighted by Crippen LogP contribution is 2.27. The number of anilines is 2. The lowest BCUT2D eigenvalue weighted by Gasteiger charge is -2.33. The first kappa shape index (κ1) is 13.9. The summed E-state index contributed by atoms with van der Waals surface area (Å²) in [6.07, 6.45) is 7.43. The van der Waals surface area contributed by atoms with Crippen molar-refractivity contribution in [3.63, 3.8) is 0 Å². The topological polar surface area (TPSA) is 77.1 Å². The van der Waals surface area contributed by atoms with E-state index in [1.54, 1.807) is 6.20 Å². The number of aromatic amines is 1. The lowest BCUT2D eigenvalue weighted by atomic mass is 9.98. The van der Waals surface area contributed by atoms with E-state index in [1.165, 1.54) is 0 Å². The largest absolute Gasteiger partial charge is 0.396 e. The maximum atomic E-state index is 9.24. The van der Waals surface area contributed by atoms with E-state index in [1.807, 2.05) is 24.5 Å². The number of pyridine rings is 1. The number of nitrogens with one attached hydrogen (secondary N) is 2. The minimum absolute atomic E-state index is 0.291. The van der Waals surface area contributed by atoms with Crippen LogP contribution in [0.25, 0.3) is 0 Å². The summed E-state index contributed by atoms with van der Waals surface area (Å²) in [5, 5.41) is 12.6. The number of hydrogen-bond donors (Lipinski definition) is 3. The Morgan fingerprint density at radius 3 is 2.86 bits per heavy atom. The second-order valence-electron chi connectivity index (χ2n) is 5.38. The van der Waals surface area contributed by atoms with Crippen LogP contribution in [0.2, 0.25) is 0 Å². The summed E-state index contributed by atoms with van der Waals surface area (Å²) in [5.41, 5.74) is 1.02. The van der Waals surface area contributed by atoms with Gasteiger partial charge < -0.3 is 20.3 Å².